The summed E-state index contributed by atoms with van der Waals surface area (Å²) in [6.45, 7) is 3.25. The highest BCUT2D eigenvalue weighted by molar-refractivity contribution is 5.46. The molecule has 0 aliphatic rings. The van der Waals surface area contributed by atoms with Gasteiger partial charge in [-0.3, -0.25) is 0 Å². The molecule has 5 heteroatoms. The number of aromatic nitrogens is 2. The van der Waals surface area contributed by atoms with Gasteiger partial charge in [-0.05, 0) is 18.6 Å². The summed E-state index contributed by atoms with van der Waals surface area (Å²) < 4.78 is 28.8. The molecule has 0 saturated heterocycles. The second kappa shape index (κ2) is 5.62. The molecular formula is C13H15F2N3. The van der Waals surface area contributed by atoms with Crippen LogP contribution < -0.4 is 5.32 Å². The Morgan fingerprint density at radius 2 is 2.00 bits per heavy atom. The second-order valence-electron chi connectivity index (χ2n) is 4.03. The first-order valence-corrected chi connectivity index (χ1v) is 5.89. The van der Waals surface area contributed by atoms with E-state index in [0.29, 0.717) is 6.54 Å². The fourth-order valence-corrected chi connectivity index (χ4v) is 1.78. The number of hydrogen-bond acceptors (Lipinski definition) is 2. The summed E-state index contributed by atoms with van der Waals surface area (Å²) in [5.41, 5.74) is 0.807. The van der Waals surface area contributed by atoms with Crippen molar-refractivity contribution in [3.8, 4) is 0 Å². The van der Waals surface area contributed by atoms with Crippen LogP contribution in [0.1, 0.15) is 19.0 Å². The van der Waals surface area contributed by atoms with Crippen molar-refractivity contribution in [2.24, 2.45) is 0 Å². The minimum atomic E-state index is -0.587. The molecule has 18 heavy (non-hydrogen) atoms. The molecule has 0 aliphatic carbocycles. The smallest absolute Gasteiger partial charge is 0.149 e. The number of nitrogens with one attached hydrogen (secondary N) is 1. The average molecular weight is 251 g/mol. The zero-order chi connectivity index (χ0) is 13.0. The van der Waals surface area contributed by atoms with Gasteiger partial charge in [0.1, 0.15) is 17.3 Å². The number of rotatable bonds is 5. The first-order valence-electron chi connectivity index (χ1n) is 5.89. The van der Waals surface area contributed by atoms with E-state index in [9.17, 15) is 8.78 Å². The topological polar surface area (TPSA) is 29.9 Å². The predicted molar refractivity (Wildman–Crippen MR) is 66.2 cm³/mol. The Hall–Kier alpha value is -1.91. The second-order valence-corrected chi connectivity index (χ2v) is 4.03. The van der Waals surface area contributed by atoms with Crippen molar-refractivity contribution in [3.63, 3.8) is 0 Å². The van der Waals surface area contributed by atoms with Gasteiger partial charge in [0.25, 0.3) is 0 Å². The maximum Gasteiger partial charge on any atom is 0.149 e. The molecule has 1 N–H and O–H groups in total. The third-order valence-electron chi connectivity index (χ3n) is 2.67. The van der Waals surface area contributed by atoms with Gasteiger partial charge in [0, 0.05) is 12.7 Å². The van der Waals surface area contributed by atoms with Crippen LogP contribution >= 0.6 is 0 Å². The van der Waals surface area contributed by atoms with Gasteiger partial charge in [-0.25, -0.2) is 13.8 Å². The van der Waals surface area contributed by atoms with E-state index in [2.05, 4.69) is 17.2 Å². The fourth-order valence-electron chi connectivity index (χ4n) is 1.78. The third kappa shape index (κ3) is 2.67. The fraction of sp³-hybridized carbons (Fsp3) is 0.308. The van der Waals surface area contributed by atoms with Gasteiger partial charge >= 0.3 is 0 Å². The molecule has 2 rings (SSSR count). The quantitative estimate of drug-likeness (QED) is 0.884. The molecule has 0 spiro atoms. The molecule has 0 bridgehead atoms. The first kappa shape index (κ1) is 12.5. The molecule has 0 amide bonds. The van der Waals surface area contributed by atoms with E-state index in [-0.39, 0.29) is 5.69 Å². The molecule has 2 aromatic rings. The Morgan fingerprint density at radius 3 is 2.67 bits per heavy atom. The Kier molecular flexibility index (Phi) is 3.92. The lowest BCUT2D eigenvalue weighted by atomic mass is 10.3. The largest absolute Gasteiger partial charge is 0.375 e. The van der Waals surface area contributed by atoms with Crippen molar-refractivity contribution in [3.05, 3.63) is 48.1 Å². The maximum atomic E-state index is 13.4. The highest BCUT2D eigenvalue weighted by Gasteiger charge is 2.08. The number of imidazole rings is 1. The molecule has 1 aromatic carbocycles. The van der Waals surface area contributed by atoms with Crippen molar-refractivity contribution in [2.45, 2.75) is 26.4 Å². The van der Waals surface area contributed by atoms with Gasteiger partial charge in [0.05, 0.1) is 18.6 Å². The molecule has 1 heterocycles. The van der Waals surface area contributed by atoms with Gasteiger partial charge < -0.3 is 9.88 Å². The van der Waals surface area contributed by atoms with E-state index in [1.165, 1.54) is 18.2 Å². The summed E-state index contributed by atoms with van der Waals surface area (Å²) in [6, 6.07) is 3.81. The number of anilines is 1. The standard InChI is InChI=1S/C13H15F2N3/c1-2-6-18-9-16-7-10(18)8-17-13-11(14)4-3-5-12(13)15/h3-5,7,9,17H,2,6,8H2,1H3. The summed E-state index contributed by atoms with van der Waals surface area (Å²) in [6.07, 6.45) is 4.40. The summed E-state index contributed by atoms with van der Waals surface area (Å²) in [5.74, 6) is -1.17. The Balaban J connectivity index is 2.09. The number of nitrogens with zero attached hydrogens (tertiary/aromatic N) is 2. The van der Waals surface area contributed by atoms with Gasteiger partial charge in [-0.15, -0.1) is 0 Å². The number of halogens is 2. The van der Waals surface area contributed by atoms with Crippen LogP contribution in [0.15, 0.2) is 30.7 Å². The molecule has 0 unspecified atom stereocenters. The van der Waals surface area contributed by atoms with Crippen LogP contribution in [0.3, 0.4) is 0 Å². The van der Waals surface area contributed by atoms with Crippen molar-refractivity contribution in [1.82, 2.24) is 9.55 Å². The molecule has 0 atom stereocenters. The van der Waals surface area contributed by atoms with Crippen molar-refractivity contribution < 1.29 is 8.78 Å². The Labute approximate surface area is 104 Å². The zero-order valence-electron chi connectivity index (χ0n) is 10.2. The van der Waals surface area contributed by atoms with Gasteiger partial charge in [-0.1, -0.05) is 13.0 Å². The molecule has 0 radical (unpaired) electrons. The highest BCUT2D eigenvalue weighted by Crippen LogP contribution is 2.18. The van der Waals surface area contributed by atoms with Crippen molar-refractivity contribution in [2.75, 3.05) is 5.32 Å². The van der Waals surface area contributed by atoms with Crippen LogP contribution in [0.25, 0.3) is 0 Å². The predicted octanol–water partition coefficient (Wildman–Crippen LogP) is 3.18. The van der Waals surface area contributed by atoms with Crippen LogP contribution in [0, 0.1) is 11.6 Å². The number of aryl methyl sites for hydroxylation is 1. The Morgan fingerprint density at radius 1 is 1.28 bits per heavy atom. The van der Waals surface area contributed by atoms with Crippen molar-refractivity contribution >= 4 is 5.69 Å². The number of benzene rings is 1. The summed E-state index contributed by atoms with van der Waals surface area (Å²) in [5, 5.41) is 2.77. The van der Waals surface area contributed by atoms with Gasteiger partial charge in [0.15, 0.2) is 0 Å². The Bertz CT molecular complexity index is 502. The van der Waals surface area contributed by atoms with E-state index in [0.717, 1.165) is 18.7 Å². The molecule has 0 aliphatic heterocycles. The first-order chi connectivity index (χ1) is 8.72. The molecular weight excluding hydrogens is 236 g/mol. The van der Waals surface area contributed by atoms with Crippen LogP contribution in [-0.4, -0.2) is 9.55 Å². The maximum absolute atomic E-state index is 13.4. The summed E-state index contributed by atoms with van der Waals surface area (Å²) in [4.78, 5) is 4.03. The molecule has 3 nitrogen and oxygen atoms in total. The third-order valence-corrected chi connectivity index (χ3v) is 2.67. The molecule has 0 saturated carbocycles. The minimum absolute atomic E-state index is 0.0956. The molecule has 96 valence electrons. The van der Waals surface area contributed by atoms with Gasteiger partial charge in [-0.2, -0.15) is 0 Å². The molecule has 1 aromatic heterocycles. The monoisotopic (exact) mass is 251 g/mol. The lowest BCUT2D eigenvalue weighted by Crippen LogP contribution is -2.08. The lowest BCUT2D eigenvalue weighted by Gasteiger charge is -2.10. The van der Waals surface area contributed by atoms with Crippen LogP contribution in [0.4, 0.5) is 14.5 Å². The molecule has 0 fully saturated rings. The minimum Gasteiger partial charge on any atom is -0.375 e. The van der Waals surface area contributed by atoms with E-state index in [4.69, 9.17) is 0 Å². The highest BCUT2D eigenvalue weighted by atomic mass is 19.1. The van der Waals surface area contributed by atoms with E-state index >= 15 is 0 Å². The van der Waals surface area contributed by atoms with Crippen LogP contribution in [0.2, 0.25) is 0 Å². The van der Waals surface area contributed by atoms with Crippen LogP contribution in [0.5, 0.6) is 0 Å². The lowest BCUT2D eigenvalue weighted by molar-refractivity contribution is 0.586. The van der Waals surface area contributed by atoms with E-state index in [1.54, 1.807) is 12.5 Å². The van der Waals surface area contributed by atoms with Crippen molar-refractivity contribution in [1.29, 1.82) is 0 Å². The number of hydrogen-bond donors (Lipinski definition) is 1. The van der Waals surface area contributed by atoms with Crippen LogP contribution in [-0.2, 0) is 13.1 Å². The SMILES string of the molecule is CCCn1cncc1CNc1c(F)cccc1F. The number of para-hydroxylation sites is 1. The van der Waals surface area contributed by atoms with E-state index < -0.39 is 11.6 Å². The van der Waals surface area contributed by atoms with E-state index in [1.807, 2.05) is 4.57 Å². The van der Waals surface area contributed by atoms with Gasteiger partial charge in [0.2, 0.25) is 0 Å². The summed E-state index contributed by atoms with van der Waals surface area (Å²) in [7, 11) is 0. The zero-order valence-corrected chi connectivity index (χ0v) is 10.2. The average Bonchev–Trinajstić information content (AvgIpc) is 2.77. The normalized spacial score (nSPS) is 10.6. The summed E-state index contributed by atoms with van der Waals surface area (Å²) >= 11 is 0.